The average molecular weight is 304 g/mol. The van der Waals surface area contributed by atoms with Crippen LogP contribution < -0.4 is 0 Å². The fourth-order valence-corrected chi connectivity index (χ4v) is 5.67. The van der Waals surface area contributed by atoms with E-state index >= 15 is 0 Å². The van der Waals surface area contributed by atoms with E-state index in [4.69, 9.17) is 0 Å². The lowest BCUT2D eigenvalue weighted by Gasteiger charge is -2.32. The highest BCUT2D eigenvalue weighted by atomic mass is 14.5. The van der Waals surface area contributed by atoms with E-state index < -0.39 is 0 Å². The summed E-state index contributed by atoms with van der Waals surface area (Å²) in [7, 11) is 0. The molecule has 4 bridgehead atoms. The molecule has 5 fully saturated rings. The lowest BCUT2D eigenvalue weighted by molar-refractivity contribution is 0.565. The Balaban J connectivity index is 1.53. The van der Waals surface area contributed by atoms with Gasteiger partial charge in [-0.25, -0.2) is 0 Å². The molecule has 0 aromatic rings. The van der Waals surface area contributed by atoms with Crippen molar-refractivity contribution in [3.63, 3.8) is 0 Å². The van der Waals surface area contributed by atoms with Crippen molar-refractivity contribution in [2.75, 3.05) is 0 Å². The zero-order valence-electron chi connectivity index (χ0n) is 14.3. The zero-order chi connectivity index (χ0) is 15.2. The zero-order valence-corrected chi connectivity index (χ0v) is 14.3. The van der Waals surface area contributed by atoms with Crippen LogP contribution in [0.25, 0.3) is 0 Å². The topological polar surface area (TPSA) is 0 Å². The van der Waals surface area contributed by atoms with E-state index in [0.717, 1.165) is 0 Å². The Kier molecular flexibility index (Phi) is 4.23. The van der Waals surface area contributed by atoms with E-state index in [2.05, 4.69) is 12.8 Å². The van der Waals surface area contributed by atoms with Gasteiger partial charge in [0.25, 0.3) is 0 Å². The Labute approximate surface area is 144 Å². The monoisotopic (exact) mass is 304 g/mol. The molecule has 5 saturated carbocycles. The maximum Gasteiger partial charge on any atom is -0.00967 e. The smallest absolute Gasteiger partial charge is 0.00967 e. The van der Waals surface area contributed by atoms with Crippen LogP contribution in [0.3, 0.4) is 0 Å². The molecular formula is C23H28. The standard InChI is InChI=1S/C23H28/c1-2-7-17-15-19-9-3-8-18-14-16(6-1)20-10-4-11-21(17)23(19)13-5-12-22(18)20/h14-15H,1-13H2. The third-order valence-corrected chi connectivity index (χ3v) is 6.72. The van der Waals surface area contributed by atoms with Crippen molar-refractivity contribution in [1.29, 1.82) is 0 Å². The Bertz CT molecular complexity index is 376. The van der Waals surface area contributed by atoms with Crippen molar-refractivity contribution in [3.8, 4) is 0 Å². The van der Waals surface area contributed by atoms with Gasteiger partial charge in [-0.2, -0.15) is 0 Å². The molecule has 0 heteroatoms. The second-order valence-corrected chi connectivity index (χ2v) is 8.07. The van der Waals surface area contributed by atoms with Crippen molar-refractivity contribution in [2.45, 2.75) is 83.5 Å². The summed E-state index contributed by atoms with van der Waals surface area (Å²) in [4.78, 5) is 0. The van der Waals surface area contributed by atoms with Crippen LogP contribution in [0.4, 0.5) is 0 Å². The molecule has 5 aliphatic carbocycles. The van der Waals surface area contributed by atoms with Gasteiger partial charge in [-0.1, -0.05) is 32.1 Å². The van der Waals surface area contributed by atoms with Crippen molar-refractivity contribution >= 4 is 0 Å². The van der Waals surface area contributed by atoms with Crippen molar-refractivity contribution in [1.82, 2.24) is 0 Å². The van der Waals surface area contributed by atoms with Gasteiger partial charge in [0.2, 0.25) is 0 Å². The molecule has 23 heavy (non-hydrogen) atoms. The highest BCUT2D eigenvalue weighted by molar-refractivity contribution is 5.59. The second kappa shape index (κ2) is 6.38. The number of hydrogen-bond donors (Lipinski definition) is 0. The van der Waals surface area contributed by atoms with Crippen molar-refractivity contribution in [2.24, 2.45) is 0 Å². The van der Waals surface area contributed by atoms with E-state index in [9.17, 15) is 0 Å². The van der Waals surface area contributed by atoms with E-state index in [1.54, 1.807) is 47.3 Å². The van der Waals surface area contributed by atoms with E-state index in [1.165, 1.54) is 83.5 Å². The lowest BCUT2D eigenvalue weighted by atomic mass is 9.71. The Morgan fingerprint density at radius 1 is 0.348 bits per heavy atom. The van der Waals surface area contributed by atoms with Crippen LogP contribution in [-0.4, -0.2) is 0 Å². The molecule has 0 aromatic carbocycles. The number of fused-ring (bicyclic) bond motifs is 4. The first-order valence-electron chi connectivity index (χ1n) is 9.98. The molecule has 0 heterocycles. The average Bonchev–Trinajstić information content (AvgIpc) is 3.06. The Morgan fingerprint density at radius 2 is 0.652 bits per heavy atom. The molecule has 0 saturated heterocycles. The van der Waals surface area contributed by atoms with Gasteiger partial charge in [-0.05, 0) is 112 Å². The summed E-state index contributed by atoms with van der Waals surface area (Å²) < 4.78 is 0. The summed E-state index contributed by atoms with van der Waals surface area (Å²) in [5, 5.41) is 0. The van der Waals surface area contributed by atoms with Crippen molar-refractivity contribution < 1.29 is 0 Å². The Hall–Kier alpha value is 0. The molecular weight excluding hydrogens is 276 g/mol. The summed E-state index contributed by atoms with van der Waals surface area (Å²) in [5.74, 6) is 14.1. The van der Waals surface area contributed by atoms with Crippen LogP contribution in [0, 0.1) is 60.2 Å². The van der Waals surface area contributed by atoms with Crippen molar-refractivity contribution in [3.05, 3.63) is 60.2 Å². The highest BCUT2D eigenvalue weighted by Gasteiger charge is 2.48. The minimum absolute atomic E-state index is 1.32. The molecule has 0 unspecified atom stereocenters. The first-order chi connectivity index (χ1) is 11.4. The maximum absolute atomic E-state index is 2.63. The van der Waals surface area contributed by atoms with Crippen LogP contribution in [-0.2, 0) is 0 Å². The van der Waals surface area contributed by atoms with Crippen LogP contribution >= 0.6 is 0 Å². The van der Waals surface area contributed by atoms with Gasteiger partial charge in [-0.3, -0.25) is 0 Å². The van der Waals surface area contributed by atoms with Crippen LogP contribution in [0.15, 0.2) is 0 Å². The SMILES string of the molecule is [CH]1[C]2CCCC[C]3[CH][C]4CCC[C]1[C]1CCC[C]4[C]3CCC[C]21. The van der Waals surface area contributed by atoms with E-state index in [0.29, 0.717) is 0 Å². The summed E-state index contributed by atoms with van der Waals surface area (Å²) in [5.41, 5.74) is 0. The molecule has 5 rings (SSSR count). The minimum Gasteiger partial charge on any atom is -0.0527 e. The quantitative estimate of drug-likeness (QED) is 0.505. The molecule has 0 spiro atoms. The molecule has 0 aromatic heterocycles. The number of rotatable bonds is 0. The van der Waals surface area contributed by atoms with Gasteiger partial charge in [0, 0.05) is 0 Å². The summed E-state index contributed by atoms with van der Waals surface area (Å²) in [6.45, 7) is 0. The number of hydrogen-bond acceptors (Lipinski definition) is 0. The van der Waals surface area contributed by atoms with E-state index in [-0.39, 0.29) is 0 Å². The fourth-order valence-electron chi connectivity index (χ4n) is 5.67. The van der Waals surface area contributed by atoms with Crippen LogP contribution in [0.1, 0.15) is 83.5 Å². The predicted molar refractivity (Wildman–Crippen MR) is 94.6 cm³/mol. The van der Waals surface area contributed by atoms with Crippen LogP contribution in [0.5, 0.6) is 0 Å². The first-order valence-corrected chi connectivity index (χ1v) is 9.98. The normalized spacial score (nSPS) is 34.4. The molecule has 0 nitrogen and oxygen atoms in total. The third-order valence-electron chi connectivity index (χ3n) is 6.72. The summed E-state index contributed by atoms with van der Waals surface area (Å²) in [6, 6.07) is 0. The van der Waals surface area contributed by atoms with E-state index in [1.807, 2.05) is 0 Å². The second-order valence-electron chi connectivity index (χ2n) is 8.07. The molecule has 0 N–H and O–H groups in total. The summed E-state index contributed by atoms with van der Waals surface area (Å²) in [6.07, 6.45) is 22.8. The minimum atomic E-state index is 1.32. The van der Waals surface area contributed by atoms with Gasteiger partial charge in [-0.15, -0.1) is 0 Å². The lowest BCUT2D eigenvalue weighted by Crippen LogP contribution is -2.19. The molecule has 0 amide bonds. The third kappa shape index (κ3) is 2.71. The summed E-state index contributed by atoms with van der Waals surface area (Å²) >= 11 is 0. The molecule has 120 valence electrons. The Morgan fingerprint density at radius 3 is 1.04 bits per heavy atom. The molecule has 5 aliphatic rings. The van der Waals surface area contributed by atoms with Gasteiger partial charge in [0.05, 0.1) is 0 Å². The molecule has 0 aliphatic heterocycles. The predicted octanol–water partition coefficient (Wildman–Crippen LogP) is 6.13. The highest BCUT2D eigenvalue weighted by Crippen LogP contribution is 2.61. The molecule has 0 atom stereocenters. The van der Waals surface area contributed by atoms with Gasteiger partial charge >= 0.3 is 0 Å². The first kappa shape index (κ1) is 15.3. The van der Waals surface area contributed by atoms with Gasteiger partial charge in [0.1, 0.15) is 0 Å². The molecule has 10 radical (unpaired) electrons. The maximum atomic E-state index is 2.63. The largest absolute Gasteiger partial charge is 0.0527 e. The van der Waals surface area contributed by atoms with Gasteiger partial charge in [0.15, 0.2) is 0 Å². The van der Waals surface area contributed by atoms with Gasteiger partial charge < -0.3 is 0 Å². The van der Waals surface area contributed by atoms with Crippen LogP contribution in [0.2, 0.25) is 0 Å². The fraction of sp³-hybridized carbons (Fsp3) is 0.565.